The summed E-state index contributed by atoms with van der Waals surface area (Å²) in [4.78, 5) is 11.3. The Balaban J connectivity index is 3.80. The van der Waals surface area contributed by atoms with Crippen LogP contribution in [0, 0.1) is 11.3 Å². The van der Waals surface area contributed by atoms with Crippen molar-refractivity contribution >= 4 is 5.91 Å². The van der Waals surface area contributed by atoms with Gasteiger partial charge in [0.25, 0.3) is 0 Å². The lowest BCUT2D eigenvalue weighted by atomic mass is 9.88. The summed E-state index contributed by atoms with van der Waals surface area (Å²) in [5.74, 6) is 0.144. The van der Waals surface area contributed by atoms with E-state index in [1.54, 1.807) is 0 Å². The van der Waals surface area contributed by atoms with Crippen LogP contribution in [0.2, 0.25) is 0 Å². The van der Waals surface area contributed by atoms with Crippen molar-refractivity contribution in [2.24, 2.45) is 11.3 Å². The summed E-state index contributed by atoms with van der Waals surface area (Å²) < 4.78 is 0. The molecule has 0 rings (SSSR count). The summed E-state index contributed by atoms with van der Waals surface area (Å²) in [6.07, 6.45) is 1.73. The Labute approximate surface area is 86.9 Å². The molecule has 0 heterocycles. The number of aliphatic hydroxyl groups excluding tert-OH is 1. The van der Waals surface area contributed by atoms with E-state index in [0.717, 1.165) is 12.8 Å². The number of nitrogens with one attached hydrogen (secondary N) is 1. The first-order valence-electron chi connectivity index (χ1n) is 5.27. The van der Waals surface area contributed by atoms with Gasteiger partial charge in [-0.05, 0) is 18.3 Å². The Kier molecular flexibility index (Phi) is 5.77. The van der Waals surface area contributed by atoms with Gasteiger partial charge in [0.2, 0.25) is 5.91 Å². The maximum atomic E-state index is 11.3. The second-order valence-electron chi connectivity index (χ2n) is 4.86. The average Bonchev–Trinajstić information content (AvgIpc) is 2.11. The van der Waals surface area contributed by atoms with Crippen molar-refractivity contribution < 1.29 is 9.90 Å². The Morgan fingerprint density at radius 1 is 1.43 bits per heavy atom. The van der Waals surface area contributed by atoms with Crippen LogP contribution in [0.5, 0.6) is 0 Å². The number of amides is 1. The predicted octanol–water partition coefficient (Wildman–Crippen LogP) is 1.56. The number of hydrogen-bond donors (Lipinski definition) is 2. The first-order chi connectivity index (χ1) is 6.39. The third kappa shape index (κ3) is 5.97. The topological polar surface area (TPSA) is 49.3 Å². The van der Waals surface area contributed by atoms with E-state index in [4.69, 9.17) is 5.11 Å². The fourth-order valence-corrected chi connectivity index (χ4v) is 1.18. The molecule has 0 aliphatic carbocycles. The van der Waals surface area contributed by atoms with Crippen molar-refractivity contribution in [1.29, 1.82) is 0 Å². The van der Waals surface area contributed by atoms with E-state index in [0.29, 0.717) is 6.54 Å². The molecule has 0 aliphatic heterocycles. The van der Waals surface area contributed by atoms with Gasteiger partial charge in [0.05, 0.1) is 0 Å². The van der Waals surface area contributed by atoms with Crippen LogP contribution in [0.25, 0.3) is 0 Å². The van der Waals surface area contributed by atoms with Crippen molar-refractivity contribution in [1.82, 2.24) is 5.32 Å². The van der Waals surface area contributed by atoms with E-state index in [2.05, 4.69) is 19.2 Å². The molecule has 0 atom stereocenters. The molecule has 84 valence electrons. The maximum Gasteiger partial charge on any atom is 0.222 e. The summed E-state index contributed by atoms with van der Waals surface area (Å²) >= 11 is 0. The smallest absolute Gasteiger partial charge is 0.222 e. The lowest BCUT2D eigenvalue weighted by Gasteiger charge is -2.25. The van der Waals surface area contributed by atoms with Crippen molar-refractivity contribution in [2.75, 3.05) is 13.2 Å². The van der Waals surface area contributed by atoms with Crippen LogP contribution >= 0.6 is 0 Å². The molecule has 0 radical (unpaired) electrons. The summed E-state index contributed by atoms with van der Waals surface area (Å²) in [6.45, 7) is 8.88. The van der Waals surface area contributed by atoms with Gasteiger partial charge in [0.1, 0.15) is 0 Å². The maximum absolute atomic E-state index is 11.3. The molecule has 0 saturated heterocycles. The molecule has 2 N–H and O–H groups in total. The lowest BCUT2D eigenvalue weighted by Crippen LogP contribution is -2.36. The Hall–Kier alpha value is -0.570. The molecule has 0 unspecified atom stereocenters. The number of hydrogen-bond acceptors (Lipinski definition) is 2. The van der Waals surface area contributed by atoms with Crippen LogP contribution in [0.3, 0.4) is 0 Å². The molecule has 0 bridgehead atoms. The highest BCUT2D eigenvalue weighted by Crippen LogP contribution is 2.20. The molecule has 0 aliphatic rings. The SMILES string of the molecule is CC(C)C(=O)NCC(C)(C)CCCO. The monoisotopic (exact) mass is 201 g/mol. The largest absolute Gasteiger partial charge is 0.396 e. The Morgan fingerprint density at radius 3 is 2.43 bits per heavy atom. The van der Waals surface area contributed by atoms with Crippen molar-refractivity contribution in [3.8, 4) is 0 Å². The zero-order chi connectivity index (χ0) is 11.2. The van der Waals surface area contributed by atoms with Gasteiger partial charge < -0.3 is 10.4 Å². The van der Waals surface area contributed by atoms with Gasteiger partial charge in [-0.25, -0.2) is 0 Å². The zero-order valence-corrected chi connectivity index (χ0v) is 9.76. The molecular weight excluding hydrogens is 178 g/mol. The van der Waals surface area contributed by atoms with E-state index in [1.807, 2.05) is 13.8 Å². The minimum atomic E-state index is 0.0450. The second-order valence-corrected chi connectivity index (χ2v) is 4.86. The van der Waals surface area contributed by atoms with Crippen LogP contribution in [-0.4, -0.2) is 24.2 Å². The van der Waals surface area contributed by atoms with Crippen molar-refractivity contribution in [3.05, 3.63) is 0 Å². The van der Waals surface area contributed by atoms with Crippen LogP contribution in [0.1, 0.15) is 40.5 Å². The molecule has 1 amide bonds. The van der Waals surface area contributed by atoms with Gasteiger partial charge in [-0.3, -0.25) is 4.79 Å². The van der Waals surface area contributed by atoms with E-state index < -0.39 is 0 Å². The van der Waals surface area contributed by atoms with E-state index in [1.165, 1.54) is 0 Å². The molecule has 0 fully saturated rings. The summed E-state index contributed by atoms with van der Waals surface area (Å²) in [5, 5.41) is 11.6. The highest BCUT2D eigenvalue weighted by atomic mass is 16.2. The van der Waals surface area contributed by atoms with Crippen LogP contribution in [0.4, 0.5) is 0 Å². The van der Waals surface area contributed by atoms with Crippen molar-refractivity contribution in [2.45, 2.75) is 40.5 Å². The van der Waals surface area contributed by atoms with Crippen LogP contribution in [0.15, 0.2) is 0 Å². The third-order valence-electron chi connectivity index (χ3n) is 2.28. The molecule has 3 heteroatoms. The van der Waals surface area contributed by atoms with E-state index in [-0.39, 0.29) is 23.8 Å². The Bertz CT molecular complexity index is 176. The van der Waals surface area contributed by atoms with E-state index in [9.17, 15) is 4.79 Å². The van der Waals surface area contributed by atoms with Gasteiger partial charge in [-0.1, -0.05) is 27.7 Å². The lowest BCUT2D eigenvalue weighted by molar-refractivity contribution is -0.124. The highest BCUT2D eigenvalue weighted by molar-refractivity contribution is 5.77. The number of rotatable bonds is 6. The molecule has 0 spiro atoms. The standard InChI is InChI=1S/C11H23NO2/c1-9(2)10(14)12-8-11(3,4)6-5-7-13/h9,13H,5-8H2,1-4H3,(H,12,14). The zero-order valence-electron chi connectivity index (χ0n) is 9.76. The molecule has 0 aromatic heterocycles. The molecule has 0 aromatic carbocycles. The molecule has 3 nitrogen and oxygen atoms in total. The molecule has 0 aromatic rings. The second kappa shape index (κ2) is 6.02. The van der Waals surface area contributed by atoms with Gasteiger partial charge in [-0.2, -0.15) is 0 Å². The highest BCUT2D eigenvalue weighted by Gasteiger charge is 2.18. The minimum absolute atomic E-state index is 0.0450. The normalized spacial score (nSPS) is 11.9. The first-order valence-corrected chi connectivity index (χ1v) is 5.27. The van der Waals surface area contributed by atoms with Crippen molar-refractivity contribution in [3.63, 3.8) is 0 Å². The van der Waals surface area contributed by atoms with Gasteiger partial charge in [0, 0.05) is 19.1 Å². The first kappa shape index (κ1) is 13.4. The molecule has 0 saturated carbocycles. The molecular formula is C11H23NO2. The predicted molar refractivity (Wildman–Crippen MR) is 57.9 cm³/mol. The van der Waals surface area contributed by atoms with Gasteiger partial charge in [0.15, 0.2) is 0 Å². The quantitative estimate of drug-likeness (QED) is 0.685. The van der Waals surface area contributed by atoms with Crippen LogP contribution < -0.4 is 5.32 Å². The fourth-order valence-electron chi connectivity index (χ4n) is 1.18. The average molecular weight is 201 g/mol. The summed E-state index contributed by atoms with van der Waals surface area (Å²) in [7, 11) is 0. The minimum Gasteiger partial charge on any atom is -0.396 e. The van der Waals surface area contributed by atoms with Gasteiger partial charge >= 0.3 is 0 Å². The van der Waals surface area contributed by atoms with E-state index >= 15 is 0 Å². The third-order valence-corrected chi connectivity index (χ3v) is 2.28. The summed E-state index contributed by atoms with van der Waals surface area (Å²) in [6, 6.07) is 0. The fraction of sp³-hybridized carbons (Fsp3) is 0.909. The van der Waals surface area contributed by atoms with Crippen LogP contribution in [-0.2, 0) is 4.79 Å². The Morgan fingerprint density at radius 2 is 2.00 bits per heavy atom. The molecule has 14 heavy (non-hydrogen) atoms. The number of aliphatic hydroxyl groups is 1. The number of carbonyl (C=O) groups excluding carboxylic acids is 1. The van der Waals surface area contributed by atoms with Gasteiger partial charge in [-0.15, -0.1) is 0 Å². The number of carbonyl (C=O) groups is 1. The summed E-state index contributed by atoms with van der Waals surface area (Å²) in [5.41, 5.74) is 0.0767.